The van der Waals surface area contributed by atoms with Gasteiger partial charge in [-0.15, -0.1) is 12.4 Å². The molecule has 4 heteroatoms. The number of phenolic OH excluding ortho intramolecular Hbond substituents is 1. The van der Waals surface area contributed by atoms with Gasteiger partial charge in [0.2, 0.25) is 0 Å². The smallest absolute Gasteiger partial charge is 0.116 e. The Bertz CT molecular complexity index is 499. The third kappa shape index (κ3) is 2.92. The number of aromatic hydroxyl groups is 1. The maximum atomic E-state index is 11.5. The van der Waals surface area contributed by atoms with Gasteiger partial charge in [0.25, 0.3) is 0 Å². The van der Waals surface area contributed by atoms with E-state index in [9.17, 15) is 10.2 Å². The van der Waals surface area contributed by atoms with Gasteiger partial charge >= 0.3 is 0 Å². The molecule has 118 valence electrons. The van der Waals surface area contributed by atoms with Crippen molar-refractivity contribution in [1.29, 1.82) is 0 Å². The van der Waals surface area contributed by atoms with E-state index in [1.54, 1.807) is 12.1 Å². The first kappa shape index (κ1) is 16.6. The maximum Gasteiger partial charge on any atom is 0.116 e. The quantitative estimate of drug-likeness (QED) is 0.902. The van der Waals surface area contributed by atoms with Crippen LogP contribution in [-0.4, -0.2) is 35.8 Å². The van der Waals surface area contributed by atoms with Gasteiger partial charge in [-0.05, 0) is 75.4 Å². The Morgan fingerprint density at radius 2 is 1.95 bits per heavy atom. The number of aliphatic hydroxyl groups is 1. The highest BCUT2D eigenvalue weighted by atomic mass is 35.5. The van der Waals surface area contributed by atoms with Crippen LogP contribution in [0.1, 0.15) is 30.4 Å². The van der Waals surface area contributed by atoms with E-state index in [1.807, 2.05) is 13.0 Å². The molecule has 4 unspecified atom stereocenters. The van der Waals surface area contributed by atoms with Crippen molar-refractivity contribution < 1.29 is 10.2 Å². The summed E-state index contributed by atoms with van der Waals surface area (Å²) in [5.74, 6) is 1.57. The normalized spacial score (nSPS) is 34.2. The van der Waals surface area contributed by atoms with E-state index < -0.39 is 5.60 Å². The van der Waals surface area contributed by atoms with Crippen LogP contribution in [0.5, 0.6) is 5.75 Å². The van der Waals surface area contributed by atoms with E-state index in [1.165, 1.54) is 6.42 Å². The van der Waals surface area contributed by atoms with Crippen LogP contribution in [0.15, 0.2) is 18.2 Å². The molecule has 0 aromatic heterocycles. The van der Waals surface area contributed by atoms with E-state index in [0.717, 1.165) is 30.5 Å². The van der Waals surface area contributed by atoms with Gasteiger partial charge in [0.05, 0.1) is 5.60 Å². The number of nitrogens with zero attached hydrogens (tertiary/aromatic N) is 1. The van der Waals surface area contributed by atoms with Gasteiger partial charge in [0.15, 0.2) is 0 Å². The molecular weight excluding hydrogens is 286 g/mol. The topological polar surface area (TPSA) is 43.7 Å². The standard InChI is InChI=1S/C17H25NO2.ClH/c1-11-6-14(9-15(19)7-11)17(20)13(10-18(2)3)5-4-12-8-16(12)17;/h6-7,9,12-13,16,19-20H,4-5,8,10H2,1-3H3;1H. The lowest BCUT2D eigenvalue weighted by molar-refractivity contribution is -0.0751. The van der Waals surface area contributed by atoms with E-state index in [-0.39, 0.29) is 24.1 Å². The molecule has 0 aliphatic heterocycles. The lowest BCUT2D eigenvalue weighted by Crippen LogP contribution is -2.45. The van der Waals surface area contributed by atoms with Gasteiger partial charge in [0, 0.05) is 12.5 Å². The van der Waals surface area contributed by atoms with Crippen LogP contribution in [0.25, 0.3) is 0 Å². The van der Waals surface area contributed by atoms with E-state index in [2.05, 4.69) is 19.0 Å². The van der Waals surface area contributed by atoms with Crippen LogP contribution >= 0.6 is 12.4 Å². The van der Waals surface area contributed by atoms with E-state index >= 15 is 0 Å². The Labute approximate surface area is 133 Å². The molecule has 2 aliphatic carbocycles. The second kappa shape index (κ2) is 5.79. The van der Waals surface area contributed by atoms with Crippen LogP contribution in [0, 0.1) is 24.7 Å². The van der Waals surface area contributed by atoms with Crippen molar-refractivity contribution in [2.75, 3.05) is 20.6 Å². The molecule has 1 aromatic rings. The highest BCUT2D eigenvalue weighted by Crippen LogP contribution is 2.61. The summed E-state index contributed by atoms with van der Waals surface area (Å²) < 4.78 is 0. The molecule has 0 amide bonds. The molecule has 3 rings (SSSR count). The van der Waals surface area contributed by atoms with Crippen molar-refractivity contribution in [2.45, 2.75) is 31.8 Å². The summed E-state index contributed by atoms with van der Waals surface area (Å²) in [5.41, 5.74) is 1.16. The molecule has 2 fully saturated rings. The molecule has 3 nitrogen and oxygen atoms in total. The highest BCUT2D eigenvalue weighted by molar-refractivity contribution is 5.85. The fraction of sp³-hybridized carbons (Fsp3) is 0.647. The number of benzene rings is 1. The minimum atomic E-state index is -0.767. The van der Waals surface area contributed by atoms with Gasteiger partial charge in [-0.3, -0.25) is 0 Å². The summed E-state index contributed by atoms with van der Waals surface area (Å²) in [6.45, 7) is 2.87. The summed E-state index contributed by atoms with van der Waals surface area (Å²) in [5, 5.41) is 21.4. The number of aryl methyl sites for hydroxylation is 1. The van der Waals surface area contributed by atoms with Crippen LogP contribution in [0.3, 0.4) is 0 Å². The summed E-state index contributed by atoms with van der Waals surface area (Å²) in [6, 6.07) is 5.56. The predicted octanol–water partition coefficient (Wildman–Crippen LogP) is 2.92. The van der Waals surface area contributed by atoms with E-state index in [0.29, 0.717) is 11.8 Å². The number of phenols is 1. The highest BCUT2D eigenvalue weighted by Gasteiger charge is 2.59. The van der Waals surface area contributed by atoms with Crippen LogP contribution in [0.2, 0.25) is 0 Å². The van der Waals surface area contributed by atoms with Gasteiger partial charge < -0.3 is 15.1 Å². The first-order valence-corrected chi connectivity index (χ1v) is 7.59. The molecule has 0 spiro atoms. The first-order chi connectivity index (χ1) is 9.41. The van der Waals surface area contributed by atoms with Crippen LogP contribution in [0.4, 0.5) is 0 Å². The number of hydrogen-bond donors (Lipinski definition) is 2. The monoisotopic (exact) mass is 311 g/mol. The zero-order chi connectivity index (χ0) is 14.5. The minimum absolute atomic E-state index is 0. The lowest BCUT2D eigenvalue weighted by atomic mass is 9.70. The fourth-order valence-corrected chi connectivity index (χ4v) is 4.16. The van der Waals surface area contributed by atoms with Crippen molar-refractivity contribution in [3.8, 4) is 5.75 Å². The number of hydrogen-bond acceptors (Lipinski definition) is 3. The molecular formula is C17H26ClNO2. The summed E-state index contributed by atoms with van der Waals surface area (Å²) in [4.78, 5) is 2.16. The maximum absolute atomic E-state index is 11.5. The number of rotatable bonds is 3. The van der Waals surface area contributed by atoms with Gasteiger partial charge in [0.1, 0.15) is 5.75 Å². The molecule has 2 aliphatic rings. The van der Waals surface area contributed by atoms with Crippen molar-refractivity contribution >= 4 is 12.4 Å². The largest absolute Gasteiger partial charge is 0.508 e. The van der Waals surface area contributed by atoms with Crippen molar-refractivity contribution in [2.24, 2.45) is 17.8 Å². The lowest BCUT2D eigenvalue weighted by Gasteiger charge is -2.42. The van der Waals surface area contributed by atoms with E-state index in [4.69, 9.17) is 0 Å². The fourth-order valence-electron chi connectivity index (χ4n) is 4.16. The number of halogens is 1. The van der Waals surface area contributed by atoms with Gasteiger partial charge in [-0.1, -0.05) is 6.07 Å². The van der Waals surface area contributed by atoms with Gasteiger partial charge in [-0.2, -0.15) is 0 Å². The Morgan fingerprint density at radius 1 is 1.24 bits per heavy atom. The van der Waals surface area contributed by atoms with Crippen molar-refractivity contribution in [3.63, 3.8) is 0 Å². The Kier molecular flexibility index (Phi) is 4.57. The number of fused-ring (bicyclic) bond motifs is 1. The molecule has 0 saturated heterocycles. The first-order valence-electron chi connectivity index (χ1n) is 7.59. The SMILES string of the molecule is Cc1cc(O)cc(C2(O)C(CN(C)C)CCC3CC32)c1.Cl. The third-order valence-electron chi connectivity index (χ3n) is 5.11. The molecule has 2 saturated carbocycles. The predicted molar refractivity (Wildman–Crippen MR) is 86.9 cm³/mol. The third-order valence-corrected chi connectivity index (χ3v) is 5.11. The molecule has 0 bridgehead atoms. The summed E-state index contributed by atoms with van der Waals surface area (Å²) in [6.07, 6.45) is 3.45. The second-order valence-electron chi connectivity index (χ2n) is 7.02. The summed E-state index contributed by atoms with van der Waals surface area (Å²) in [7, 11) is 4.13. The van der Waals surface area contributed by atoms with Crippen molar-refractivity contribution in [3.05, 3.63) is 29.3 Å². The molecule has 1 aromatic carbocycles. The Hall–Kier alpha value is -0.770. The zero-order valence-electron chi connectivity index (χ0n) is 13.0. The Balaban J connectivity index is 0.00000161. The molecule has 4 atom stereocenters. The molecule has 0 heterocycles. The Morgan fingerprint density at radius 3 is 2.57 bits per heavy atom. The average Bonchev–Trinajstić information content (AvgIpc) is 3.11. The molecule has 2 N–H and O–H groups in total. The van der Waals surface area contributed by atoms with Crippen LogP contribution < -0.4 is 0 Å². The summed E-state index contributed by atoms with van der Waals surface area (Å²) >= 11 is 0. The second-order valence-corrected chi connectivity index (χ2v) is 7.02. The minimum Gasteiger partial charge on any atom is -0.508 e. The van der Waals surface area contributed by atoms with Crippen molar-refractivity contribution in [1.82, 2.24) is 4.90 Å². The average molecular weight is 312 g/mol. The zero-order valence-corrected chi connectivity index (χ0v) is 13.9. The molecule has 0 radical (unpaired) electrons. The van der Waals surface area contributed by atoms with Crippen LogP contribution in [-0.2, 0) is 5.60 Å². The molecule has 21 heavy (non-hydrogen) atoms. The van der Waals surface area contributed by atoms with Gasteiger partial charge in [-0.25, -0.2) is 0 Å².